The standard InChI is InChI=1S/C5H12O6S/c1-3-9-5(10-4-2)11-12(6,7)8/h5H,3-4H2,1-2H3,(H,6,7,8). The van der Waals surface area contributed by atoms with Crippen molar-refractivity contribution in [3.8, 4) is 0 Å². The lowest BCUT2D eigenvalue weighted by molar-refractivity contribution is -0.242. The average molecular weight is 200 g/mol. The lowest BCUT2D eigenvalue weighted by Gasteiger charge is -2.13. The summed E-state index contributed by atoms with van der Waals surface area (Å²) in [5, 5.41) is 0. The van der Waals surface area contributed by atoms with Crippen LogP contribution >= 0.6 is 0 Å². The topological polar surface area (TPSA) is 82.1 Å². The minimum absolute atomic E-state index is 0.222. The van der Waals surface area contributed by atoms with Gasteiger partial charge in [-0.15, -0.1) is 0 Å². The fraction of sp³-hybridized carbons (Fsp3) is 1.00. The summed E-state index contributed by atoms with van der Waals surface area (Å²) in [6.07, 6.45) is 0. The summed E-state index contributed by atoms with van der Waals surface area (Å²) in [5.41, 5.74) is 0. The first kappa shape index (κ1) is 11.8. The third-order valence-corrected chi connectivity index (χ3v) is 1.21. The van der Waals surface area contributed by atoms with Crippen LogP contribution in [-0.2, 0) is 24.1 Å². The molecule has 7 heteroatoms. The number of hydrogen-bond donors (Lipinski definition) is 1. The highest BCUT2D eigenvalue weighted by molar-refractivity contribution is 7.80. The van der Waals surface area contributed by atoms with Gasteiger partial charge in [0.05, 0.1) is 0 Å². The molecule has 0 saturated heterocycles. The average Bonchev–Trinajstić information content (AvgIpc) is 1.84. The van der Waals surface area contributed by atoms with Crippen molar-refractivity contribution in [2.45, 2.75) is 20.3 Å². The Balaban J connectivity index is 3.95. The van der Waals surface area contributed by atoms with Crippen LogP contribution < -0.4 is 0 Å². The first-order chi connectivity index (χ1) is 5.49. The molecule has 0 aromatic rings. The van der Waals surface area contributed by atoms with Gasteiger partial charge in [0.1, 0.15) is 0 Å². The number of rotatable bonds is 6. The molecule has 0 aromatic carbocycles. The van der Waals surface area contributed by atoms with Gasteiger partial charge in [-0.2, -0.15) is 12.6 Å². The highest BCUT2D eigenvalue weighted by Crippen LogP contribution is 2.01. The molecule has 0 unspecified atom stereocenters. The lowest BCUT2D eigenvalue weighted by Crippen LogP contribution is -2.24. The van der Waals surface area contributed by atoms with Crippen LogP contribution in [0.4, 0.5) is 0 Å². The molecule has 0 amide bonds. The second kappa shape index (κ2) is 5.44. The molecule has 0 radical (unpaired) electrons. The van der Waals surface area contributed by atoms with Gasteiger partial charge in [0.25, 0.3) is 6.48 Å². The van der Waals surface area contributed by atoms with Crippen LogP contribution in [0.2, 0.25) is 0 Å². The van der Waals surface area contributed by atoms with Crippen molar-refractivity contribution >= 4 is 10.4 Å². The maximum Gasteiger partial charge on any atom is 0.401 e. The lowest BCUT2D eigenvalue weighted by atomic mass is 10.8. The third kappa shape index (κ3) is 6.50. The zero-order chi connectivity index (χ0) is 9.61. The summed E-state index contributed by atoms with van der Waals surface area (Å²) < 4.78 is 41.9. The quantitative estimate of drug-likeness (QED) is 0.486. The second-order valence-corrected chi connectivity index (χ2v) is 2.77. The molecule has 0 spiro atoms. The van der Waals surface area contributed by atoms with E-state index in [1.807, 2.05) is 0 Å². The van der Waals surface area contributed by atoms with E-state index in [-0.39, 0.29) is 13.2 Å². The molecule has 0 aliphatic heterocycles. The summed E-state index contributed by atoms with van der Waals surface area (Å²) >= 11 is 0. The van der Waals surface area contributed by atoms with E-state index in [0.29, 0.717) is 0 Å². The Labute approximate surface area is 71.4 Å². The molecule has 74 valence electrons. The first-order valence-electron chi connectivity index (χ1n) is 3.38. The van der Waals surface area contributed by atoms with Crippen LogP contribution in [0.5, 0.6) is 0 Å². The monoisotopic (exact) mass is 200 g/mol. The fourth-order valence-electron chi connectivity index (χ4n) is 0.475. The molecule has 0 saturated carbocycles. The molecular formula is C5H12O6S. The van der Waals surface area contributed by atoms with E-state index in [1.54, 1.807) is 13.8 Å². The molecule has 1 N–H and O–H groups in total. The molecule has 12 heavy (non-hydrogen) atoms. The van der Waals surface area contributed by atoms with Gasteiger partial charge in [-0.05, 0) is 13.8 Å². The summed E-state index contributed by atoms with van der Waals surface area (Å²) in [7, 11) is -4.52. The minimum Gasteiger partial charge on any atom is -0.329 e. The molecular weight excluding hydrogens is 188 g/mol. The fourth-order valence-corrected chi connectivity index (χ4v) is 0.785. The van der Waals surface area contributed by atoms with Crippen molar-refractivity contribution in [2.24, 2.45) is 0 Å². The molecule has 0 bridgehead atoms. The van der Waals surface area contributed by atoms with Crippen molar-refractivity contribution in [3.63, 3.8) is 0 Å². The second-order valence-electron chi connectivity index (χ2n) is 1.72. The van der Waals surface area contributed by atoms with Crippen molar-refractivity contribution < 1.29 is 26.6 Å². The maximum atomic E-state index is 10.2. The van der Waals surface area contributed by atoms with Crippen LogP contribution in [0.1, 0.15) is 13.8 Å². The molecule has 0 heterocycles. The largest absolute Gasteiger partial charge is 0.401 e. The molecule has 6 nitrogen and oxygen atoms in total. The zero-order valence-corrected chi connectivity index (χ0v) is 7.70. The van der Waals surface area contributed by atoms with Gasteiger partial charge in [-0.25, -0.2) is 0 Å². The summed E-state index contributed by atoms with van der Waals surface area (Å²) in [4.78, 5) is 0. The van der Waals surface area contributed by atoms with Gasteiger partial charge in [-0.3, -0.25) is 4.55 Å². The van der Waals surface area contributed by atoms with E-state index < -0.39 is 16.9 Å². The van der Waals surface area contributed by atoms with Crippen LogP contribution in [0.15, 0.2) is 0 Å². The highest BCUT2D eigenvalue weighted by atomic mass is 32.3. The minimum atomic E-state index is -4.52. The van der Waals surface area contributed by atoms with Crippen LogP contribution in [0.25, 0.3) is 0 Å². The van der Waals surface area contributed by atoms with E-state index in [4.69, 9.17) is 4.55 Å². The molecule has 0 aliphatic rings. The van der Waals surface area contributed by atoms with E-state index in [9.17, 15) is 8.42 Å². The van der Waals surface area contributed by atoms with Crippen molar-refractivity contribution in [1.82, 2.24) is 0 Å². The summed E-state index contributed by atoms with van der Waals surface area (Å²) in [6, 6.07) is 0. The molecule has 0 fully saturated rings. The van der Waals surface area contributed by atoms with Gasteiger partial charge in [0.15, 0.2) is 0 Å². The summed E-state index contributed by atoms with van der Waals surface area (Å²) in [5.74, 6) is 0. The first-order valence-corrected chi connectivity index (χ1v) is 4.75. The van der Waals surface area contributed by atoms with Crippen LogP contribution in [-0.4, -0.2) is 32.7 Å². The van der Waals surface area contributed by atoms with Crippen molar-refractivity contribution in [1.29, 1.82) is 0 Å². The molecule has 0 aliphatic carbocycles. The SMILES string of the molecule is CCOC(OCC)OS(=O)(=O)O. The van der Waals surface area contributed by atoms with Gasteiger partial charge in [0.2, 0.25) is 0 Å². The Morgan fingerprint density at radius 3 is 1.92 bits per heavy atom. The van der Waals surface area contributed by atoms with Crippen molar-refractivity contribution in [3.05, 3.63) is 0 Å². The van der Waals surface area contributed by atoms with E-state index >= 15 is 0 Å². The Morgan fingerprint density at radius 1 is 1.25 bits per heavy atom. The Morgan fingerprint density at radius 2 is 1.67 bits per heavy atom. The highest BCUT2D eigenvalue weighted by Gasteiger charge is 2.16. The van der Waals surface area contributed by atoms with E-state index in [1.165, 1.54) is 0 Å². The predicted molar refractivity (Wildman–Crippen MR) is 39.7 cm³/mol. The van der Waals surface area contributed by atoms with Gasteiger partial charge >= 0.3 is 10.4 Å². The van der Waals surface area contributed by atoms with Crippen LogP contribution in [0, 0.1) is 0 Å². The van der Waals surface area contributed by atoms with Crippen LogP contribution in [0.3, 0.4) is 0 Å². The molecule has 0 atom stereocenters. The molecule has 0 aromatic heterocycles. The Bertz CT molecular complexity index is 192. The van der Waals surface area contributed by atoms with Gasteiger partial charge < -0.3 is 9.47 Å². The number of ether oxygens (including phenoxy) is 2. The maximum absolute atomic E-state index is 10.2. The predicted octanol–water partition coefficient (Wildman–Crippen LogP) is 0.162. The zero-order valence-electron chi connectivity index (χ0n) is 6.89. The third-order valence-electron chi connectivity index (χ3n) is 0.806. The van der Waals surface area contributed by atoms with Gasteiger partial charge in [-0.1, -0.05) is 0 Å². The van der Waals surface area contributed by atoms with Gasteiger partial charge in [0, 0.05) is 13.2 Å². The number of hydrogen-bond acceptors (Lipinski definition) is 5. The molecule has 0 rings (SSSR count). The van der Waals surface area contributed by atoms with E-state index in [0.717, 1.165) is 0 Å². The van der Waals surface area contributed by atoms with Crippen molar-refractivity contribution in [2.75, 3.05) is 13.2 Å². The normalized spacial score (nSPS) is 12.3. The Kier molecular flexibility index (Phi) is 5.34. The smallest absolute Gasteiger partial charge is 0.329 e. The Hall–Kier alpha value is -0.210. The van der Waals surface area contributed by atoms with E-state index in [2.05, 4.69) is 13.7 Å². The summed E-state index contributed by atoms with van der Waals surface area (Å²) in [6.45, 7) is 2.36.